The summed E-state index contributed by atoms with van der Waals surface area (Å²) in [6.07, 6.45) is 2.37. The fraction of sp³-hybridized carbons (Fsp3) is 0.176. The Balaban J connectivity index is 1.97. The van der Waals surface area contributed by atoms with Gasteiger partial charge in [0, 0.05) is 16.6 Å². The second-order valence-corrected chi connectivity index (χ2v) is 5.80. The summed E-state index contributed by atoms with van der Waals surface area (Å²) in [4.78, 5) is 4.75. The first-order chi connectivity index (χ1) is 10.3. The van der Waals surface area contributed by atoms with E-state index in [0.717, 1.165) is 27.4 Å². The van der Waals surface area contributed by atoms with Crippen LogP contribution in [-0.2, 0) is 0 Å². The molecule has 1 fully saturated rings. The molecule has 0 aliphatic heterocycles. The van der Waals surface area contributed by atoms with E-state index in [4.69, 9.17) is 21.8 Å². The van der Waals surface area contributed by atoms with Gasteiger partial charge in [-0.2, -0.15) is 5.26 Å². The number of benzene rings is 2. The lowest BCUT2D eigenvalue weighted by atomic mass is 10.2. The van der Waals surface area contributed by atoms with Crippen LogP contribution in [0.5, 0.6) is 0 Å². The van der Waals surface area contributed by atoms with Crippen molar-refractivity contribution in [3.05, 3.63) is 53.1 Å². The molecule has 4 heteroatoms. The van der Waals surface area contributed by atoms with Gasteiger partial charge in [0.05, 0.1) is 22.7 Å². The third-order valence-electron chi connectivity index (χ3n) is 3.83. The van der Waals surface area contributed by atoms with Crippen LogP contribution in [0.2, 0.25) is 5.02 Å². The number of hydrogen-bond acceptors (Lipinski definition) is 2. The Morgan fingerprint density at radius 2 is 1.90 bits per heavy atom. The highest BCUT2D eigenvalue weighted by Gasteiger charge is 2.28. The number of aromatic nitrogens is 2. The molecule has 1 saturated carbocycles. The molecular weight excluding hydrogens is 282 g/mol. The van der Waals surface area contributed by atoms with Crippen LogP contribution in [0.3, 0.4) is 0 Å². The van der Waals surface area contributed by atoms with Crippen LogP contribution >= 0.6 is 11.6 Å². The van der Waals surface area contributed by atoms with Gasteiger partial charge in [0.15, 0.2) is 0 Å². The number of hydrogen-bond donors (Lipinski definition) is 0. The molecule has 0 unspecified atom stereocenters. The predicted octanol–water partition coefficient (Wildman–Crippen LogP) is 4.56. The van der Waals surface area contributed by atoms with Crippen molar-refractivity contribution in [2.24, 2.45) is 0 Å². The molecule has 0 amide bonds. The van der Waals surface area contributed by atoms with Crippen molar-refractivity contribution in [1.82, 2.24) is 9.55 Å². The molecule has 0 radical (unpaired) electrons. The second kappa shape index (κ2) is 4.61. The Kier molecular flexibility index (Phi) is 2.73. The monoisotopic (exact) mass is 293 g/mol. The third kappa shape index (κ3) is 2.09. The van der Waals surface area contributed by atoms with E-state index in [9.17, 15) is 0 Å². The minimum Gasteiger partial charge on any atom is -0.321 e. The molecule has 0 atom stereocenters. The molecule has 4 rings (SSSR count). The Bertz CT molecular complexity index is 867. The lowest BCUT2D eigenvalue weighted by molar-refractivity contribution is 0.775. The SMILES string of the molecule is N#Cc1ccc2c(c1)nc(-c1ccc(Cl)cc1)n2C1CC1. The van der Waals surface area contributed by atoms with Gasteiger partial charge in [0.1, 0.15) is 5.82 Å². The normalized spacial score (nSPS) is 14.3. The minimum atomic E-state index is 0.522. The summed E-state index contributed by atoms with van der Waals surface area (Å²) < 4.78 is 2.29. The summed E-state index contributed by atoms with van der Waals surface area (Å²) >= 11 is 5.97. The Morgan fingerprint density at radius 1 is 1.14 bits per heavy atom. The summed E-state index contributed by atoms with van der Waals surface area (Å²) in [5, 5.41) is 9.76. The Morgan fingerprint density at radius 3 is 2.57 bits per heavy atom. The van der Waals surface area contributed by atoms with E-state index in [1.807, 2.05) is 42.5 Å². The van der Waals surface area contributed by atoms with E-state index in [2.05, 4.69) is 10.6 Å². The molecule has 0 saturated heterocycles. The number of halogens is 1. The lowest BCUT2D eigenvalue weighted by Crippen LogP contribution is -1.97. The Labute approximate surface area is 127 Å². The van der Waals surface area contributed by atoms with Crippen LogP contribution < -0.4 is 0 Å². The largest absolute Gasteiger partial charge is 0.321 e. The molecule has 1 aliphatic carbocycles. The minimum absolute atomic E-state index is 0.522. The first-order valence-corrected chi connectivity index (χ1v) is 7.32. The van der Waals surface area contributed by atoms with Crippen molar-refractivity contribution in [1.29, 1.82) is 5.26 Å². The molecule has 21 heavy (non-hydrogen) atoms. The molecule has 3 aromatic rings. The number of nitrogens with zero attached hydrogens (tertiary/aromatic N) is 3. The van der Waals surface area contributed by atoms with Crippen molar-refractivity contribution in [2.75, 3.05) is 0 Å². The van der Waals surface area contributed by atoms with Crippen LogP contribution in [0.1, 0.15) is 24.4 Å². The van der Waals surface area contributed by atoms with Crippen LogP contribution in [0, 0.1) is 11.3 Å². The van der Waals surface area contributed by atoms with Gasteiger partial charge in [-0.15, -0.1) is 0 Å². The summed E-state index contributed by atoms with van der Waals surface area (Å²) in [7, 11) is 0. The highest BCUT2D eigenvalue weighted by molar-refractivity contribution is 6.30. The van der Waals surface area contributed by atoms with Crippen molar-refractivity contribution >= 4 is 22.6 Å². The van der Waals surface area contributed by atoms with Crippen molar-refractivity contribution < 1.29 is 0 Å². The van der Waals surface area contributed by atoms with Crippen molar-refractivity contribution in [3.8, 4) is 17.5 Å². The molecule has 0 spiro atoms. The summed E-state index contributed by atoms with van der Waals surface area (Å²) in [6, 6.07) is 16.2. The maximum atomic E-state index is 9.04. The quantitative estimate of drug-likeness (QED) is 0.695. The van der Waals surface area contributed by atoms with Gasteiger partial charge in [-0.1, -0.05) is 11.6 Å². The van der Waals surface area contributed by atoms with Gasteiger partial charge in [-0.05, 0) is 55.3 Å². The van der Waals surface area contributed by atoms with Gasteiger partial charge in [-0.3, -0.25) is 0 Å². The molecule has 1 heterocycles. The molecule has 2 aromatic carbocycles. The van der Waals surface area contributed by atoms with Crippen LogP contribution in [0.25, 0.3) is 22.4 Å². The van der Waals surface area contributed by atoms with Crippen molar-refractivity contribution in [2.45, 2.75) is 18.9 Å². The standard InChI is InChI=1S/C17H12ClN3/c18-13-4-2-12(3-5-13)17-20-15-9-11(10-19)1-8-16(15)21(17)14-6-7-14/h1-5,8-9,14H,6-7H2. The highest BCUT2D eigenvalue weighted by atomic mass is 35.5. The van der Waals surface area contributed by atoms with Gasteiger partial charge in [0.2, 0.25) is 0 Å². The lowest BCUT2D eigenvalue weighted by Gasteiger charge is -2.07. The molecule has 102 valence electrons. The van der Waals surface area contributed by atoms with E-state index in [1.54, 1.807) is 0 Å². The van der Waals surface area contributed by atoms with E-state index in [1.165, 1.54) is 12.8 Å². The van der Waals surface area contributed by atoms with Gasteiger partial charge < -0.3 is 4.57 Å². The summed E-state index contributed by atoms with van der Waals surface area (Å²) in [5.41, 5.74) is 3.68. The molecule has 0 bridgehead atoms. The second-order valence-electron chi connectivity index (χ2n) is 5.36. The average molecular weight is 294 g/mol. The Hall–Kier alpha value is -2.31. The number of rotatable bonds is 2. The van der Waals surface area contributed by atoms with Gasteiger partial charge in [0.25, 0.3) is 0 Å². The summed E-state index contributed by atoms with van der Waals surface area (Å²) in [5.74, 6) is 0.958. The maximum Gasteiger partial charge on any atom is 0.141 e. The highest BCUT2D eigenvalue weighted by Crippen LogP contribution is 2.41. The molecule has 3 nitrogen and oxygen atoms in total. The summed E-state index contributed by atoms with van der Waals surface area (Å²) in [6.45, 7) is 0. The zero-order valence-corrected chi connectivity index (χ0v) is 12.0. The van der Waals surface area contributed by atoms with Crippen LogP contribution in [-0.4, -0.2) is 9.55 Å². The zero-order chi connectivity index (χ0) is 14.4. The van der Waals surface area contributed by atoms with E-state index in [0.29, 0.717) is 11.6 Å². The predicted molar refractivity (Wildman–Crippen MR) is 83.2 cm³/mol. The zero-order valence-electron chi connectivity index (χ0n) is 11.3. The number of fused-ring (bicyclic) bond motifs is 1. The van der Waals surface area contributed by atoms with Gasteiger partial charge in [-0.25, -0.2) is 4.98 Å². The van der Waals surface area contributed by atoms with Crippen LogP contribution in [0.15, 0.2) is 42.5 Å². The smallest absolute Gasteiger partial charge is 0.141 e. The van der Waals surface area contributed by atoms with E-state index < -0.39 is 0 Å². The molecule has 0 N–H and O–H groups in total. The first-order valence-electron chi connectivity index (χ1n) is 6.94. The first kappa shape index (κ1) is 12.4. The number of nitriles is 1. The number of imidazole rings is 1. The van der Waals surface area contributed by atoms with Crippen molar-refractivity contribution in [3.63, 3.8) is 0 Å². The fourth-order valence-corrected chi connectivity index (χ4v) is 2.80. The molecule has 1 aliphatic rings. The maximum absolute atomic E-state index is 9.04. The fourth-order valence-electron chi connectivity index (χ4n) is 2.67. The van der Waals surface area contributed by atoms with E-state index >= 15 is 0 Å². The molecular formula is C17H12ClN3. The van der Waals surface area contributed by atoms with E-state index in [-0.39, 0.29) is 0 Å². The average Bonchev–Trinajstić information content (AvgIpc) is 3.27. The third-order valence-corrected chi connectivity index (χ3v) is 4.09. The molecule has 1 aromatic heterocycles. The van der Waals surface area contributed by atoms with Gasteiger partial charge >= 0.3 is 0 Å². The van der Waals surface area contributed by atoms with Crippen LogP contribution in [0.4, 0.5) is 0 Å². The topological polar surface area (TPSA) is 41.6 Å².